The van der Waals surface area contributed by atoms with E-state index in [-0.39, 0.29) is 22.8 Å². The van der Waals surface area contributed by atoms with Gasteiger partial charge in [-0.1, -0.05) is 12.7 Å². The van der Waals surface area contributed by atoms with Gasteiger partial charge in [0.15, 0.2) is 5.11 Å². The Labute approximate surface area is 133 Å². The van der Waals surface area contributed by atoms with Crippen molar-refractivity contribution in [1.29, 1.82) is 0 Å². The van der Waals surface area contributed by atoms with E-state index in [1.165, 1.54) is 0 Å². The molecule has 0 unspecified atom stereocenters. The van der Waals surface area contributed by atoms with E-state index in [1.807, 2.05) is 0 Å². The number of carbonyl (C=O) groups excluding carboxylic acids is 2. The summed E-state index contributed by atoms with van der Waals surface area (Å²) in [6.45, 7) is 3.96. The van der Waals surface area contributed by atoms with Gasteiger partial charge in [-0.15, -0.1) is 0 Å². The van der Waals surface area contributed by atoms with E-state index in [9.17, 15) is 9.59 Å². The van der Waals surface area contributed by atoms with E-state index >= 15 is 0 Å². The number of thiocarbonyl (C=S) groups is 1. The minimum atomic E-state index is -0.363. The van der Waals surface area contributed by atoms with Gasteiger partial charge in [-0.25, -0.2) is 0 Å². The highest BCUT2D eigenvalue weighted by atomic mass is 32.1. The maximum Gasteiger partial charge on any atom is 0.269 e. The average Bonchev–Trinajstić information content (AvgIpc) is 3.36. The van der Waals surface area contributed by atoms with Crippen LogP contribution < -0.4 is 20.9 Å². The van der Waals surface area contributed by atoms with Crippen molar-refractivity contribution in [3.8, 4) is 5.75 Å². The lowest BCUT2D eigenvalue weighted by Gasteiger charge is -2.10. The number of amides is 2. The number of ether oxygens (including phenoxy) is 1. The van der Waals surface area contributed by atoms with Crippen LogP contribution in [0.4, 0.5) is 0 Å². The van der Waals surface area contributed by atoms with E-state index < -0.39 is 0 Å². The molecule has 0 aliphatic heterocycles. The second-order valence-corrected chi connectivity index (χ2v) is 5.20. The monoisotopic (exact) mass is 319 g/mol. The number of rotatable bonds is 5. The average molecular weight is 319 g/mol. The van der Waals surface area contributed by atoms with Crippen molar-refractivity contribution < 1.29 is 14.3 Å². The third-order valence-corrected chi connectivity index (χ3v) is 3.16. The predicted octanol–water partition coefficient (Wildman–Crippen LogP) is 1.30. The largest absolute Gasteiger partial charge is 0.490 e. The maximum absolute atomic E-state index is 11.9. The lowest BCUT2D eigenvalue weighted by atomic mass is 10.2. The number of benzene rings is 1. The molecule has 2 amide bonds. The molecule has 1 aromatic carbocycles. The quantitative estimate of drug-likeness (QED) is 0.433. The third-order valence-electron chi connectivity index (χ3n) is 2.96. The van der Waals surface area contributed by atoms with Crippen molar-refractivity contribution in [1.82, 2.24) is 16.2 Å². The summed E-state index contributed by atoms with van der Waals surface area (Å²) in [6.07, 6.45) is 3.42. The fourth-order valence-electron chi connectivity index (χ4n) is 1.63. The first-order valence-corrected chi connectivity index (χ1v) is 7.26. The lowest BCUT2D eigenvalue weighted by molar-refractivity contribution is -0.120. The zero-order valence-corrected chi connectivity index (χ0v) is 12.7. The molecule has 7 heteroatoms. The van der Waals surface area contributed by atoms with Gasteiger partial charge >= 0.3 is 0 Å². The predicted molar refractivity (Wildman–Crippen MR) is 86.2 cm³/mol. The summed E-state index contributed by atoms with van der Waals surface area (Å²) in [6, 6.07) is 6.62. The van der Waals surface area contributed by atoms with Crippen LogP contribution in [0.15, 0.2) is 36.9 Å². The van der Waals surface area contributed by atoms with Crippen LogP contribution in [0.3, 0.4) is 0 Å². The Kier molecular flexibility index (Phi) is 5.48. The molecule has 3 N–H and O–H groups in total. The minimum absolute atomic E-state index is 0.0542. The van der Waals surface area contributed by atoms with Gasteiger partial charge in [0.2, 0.25) is 5.91 Å². The van der Waals surface area contributed by atoms with Crippen LogP contribution in [0.25, 0.3) is 0 Å². The van der Waals surface area contributed by atoms with Gasteiger partial charge in [0.1, 0.15) is 12.4 Å². The third kappa shape index (κ3) is 4.85. The molecule has 6 nitrogen and oxygen atoms in total. The van der Waals surface area contributed by atoms with Crippen LogP contribution in [0, 0.1) is 5.92 Å². The zero-order valence-electron chi connectivity index (χ0n) is 11.9. The summed E-state index contributed by atoms with van der Waals surface area (Å²) in [4.78, 5) is 23.4. The van der Waals surface area contributed by atoms with Gasteiger partial charge in [0, 0.05) is 11.5 Å². The van der Waals surface area contributed by atoms with E-state index in [1.54, 1.807) is 30.3 Å². The summed E-state index contributed by atoms with van der Waals surface area (Å²) >= 11 is 4.93. The first-order valence-electron chi connectivity index (χ1n) is 6.85. The Hall–Kier alpha value is -2.41. The molecule has 0 atom stereocenters. The van der Waals surface area contributed by atoms with Crippen LogP contribution in [0.5, 0.6) is 5.75 Å². The molecule has 0 bridgehead atoms. The highest BCUT2D eigenvalue weighted by Gasteiger charge is 2.30. The topological polar surface area (TPSA) is 79.5 Å². The second kappa shape index (κ2) is 7.56. The lowest BCUT2D eigenvalue weighted by Crippen LogP contribution is -2.48. The molecule has 1 fully saturated rings. The summed E-state index contributed by atoms with van der Waals surface area (Å²) in [5.41, 5.74) is 5.36. The Balaban J connectivity index is 1.77. The van der Waals surface area contributed by atoms with Crippen molar-refractivity contribution in [2.75, 3.05) is 6.61 Å². The van der Waals surface area contributed by atoms with Crippen LogP contribution in [-0.4, -0.2) is 23.5 Å². The molecule has 22 heavy (non-hydrogen) atoms. The van der Waals surface area contributed by atoms with E-state index in [0.717, 1.165) is 12.8 Å². The molecule has 1 aromatic rings. The Morgan fingerprint density at radius 3 is 2.55 bits per heavy atom. The van der Waals surface area contributed by atoms with Crippen LogP contribution >= 0.6 is 12.2 Å². The van der Waals surface area contributed by atoms with E-state index in [2.05, 4.69) is 22.7 Å². The Morgan fingerprint density at radius 1 is 1.27 bits per heavy atom. The van der Waals surface area contributed by atoms with E-state index in [0.29, 0.717) is 17.9 Å². The molecular formula is C15H17N3O3S. The zero-order chi connectivity index (χ0) is 15.9. The standard InChI is InChI=1S/C15H17N3O3S/c1-2-9-21-12-7-5-11(6-8-12)14(20)17-18-15(22)16-13(19)10-3-4-10/h2,5-8,10H,1,3-4,9H2,(H,17,20)(H2,16,18,19,22). The van der Waals surface area contributed by atoms with Crippen LogP contribution in [-0.2, 0) is 4.79 Å². The van der Waals surface area contributed by atoms with Crippen molar-refractivity contribution in [2.45, 2.75) is 12.8 Å². The highest BCUT2D eigenvalue weighted by molar-refractivity contribution is 7.80. The summed E-state index contributed by atoms with van der Waals surface area (Å²) in [5, 5.41) is 2.60. The van der Waals surface area contributed by atoms with E-state index in [4.69, 9.17) is 17.0 Å². The molecular weight excluding hydrogens is 302 g/mol. The fraction of sp³-hybridized carbons (Fsp3) is 0.267. The smallest absolute Gasteiger partial charge is 0.269 e. The summed E-state index contributed by atoms with van der Waals surface area (Å²) in [5.74, 6) is 0.226. The number of nitrogens with one attached hydrogen (secondary N) is 3. The SMILES string of the molecule is C=CCOc1ccc(C(=O)NNC(=S)NC(=O)C2CC2)cc1. The van der Waals surface area contributed by atoms with Gasteiger partial charge in [0.05, 0.1) is 0 Å². The first-order chi connectivity index (χ1) is 10.6. The normalized spacial score (nSPS) is 12.9. The highest BCUT2D eigenvalue weighted by Crippen LogP contribution is 2.28. The molecule has 0 heterocycles. The van der Waals surface area contributed by atoms with Gasteiger partial charge in [-0.05, 0) is 49.3 Å². The Bertz CT molecular complexity index is 582. The number of carbonyl (C=O) groups is 2. The molecule has 116 valence electrons. The summed E-state index contributed by atoms with van der Waals surface area (Å²) in [7, 11) is 0. The molecule has 0 spiro atoms. The van der Waals surface area contributed by atoms with Gasteiger partial charge < -0.3 is 10.1 Å². The molecule has 1 saturated carbocycles. The summed E-state index contributed by atoms with van der Waals surface area (Å²) < 4.78 is 5.33. The number of hydrazine groups is 1. The molecule has 0 aromatic heterocycles. The molecule has 0 saturated heterocycles. The maximum atomic E-state index is 11.9. The number of hydrogen-bond acceptors (Lipinski definition) is 4. The van der Waals surface area contributed by atoms with Crippen molar-refractivity contribution >= 4 is 29.1 Å². The molecule has 2 rings (SSSR count). The number of hydrogen-bond donors (Lipinski definition) is 3. The molecule has 1 aliphatic carbocycles. The fourth-order valence-corrected chi connectivity index (χ4v) is 1.79. The van der Waals surface area contributed by atoms with Crippen LogP contribution in [0.2, 0.25) is 0 Å². The van der Waals surface area contributed by atoms with Gasteiger partial charge in [0.25, 0.3) is 5.91 Å². The molecule has 0 radical (unpaired) electrons. The van der Waals surface area contributed by atoms with Crippen molar-refractivity contribution in [2.24, 2.45) is 5.92 Å². The van der Waals surface area contributed by atoms with Crippen molar-refractivity contribution in [3.63, 3.8) is 0 Å². The van der Waals surface area contributed by atoms with Crippen molar-refractivity contribution in [3.05, 3.63) is 42.5 Å². The van der Waals surface area contributed by atoms with Gasteiger partial charge in [-0.3, -0.25) is 20.4 Å². The van der Waals surface area contributed by atoms with Gasteiger partial charge in [-0.2, -0.15) is 0 Å². The second-order valence-electron chi connectivity index (χ2n) is 4.80. The van der Waals surface area contributed by atoms with Crippen LogP contribution in [0.1, 0.15) is 23.2 Å². The first kappa shape index (κ1) is 16.0. The minimum Gasteiger partial charge on any atom is -0.490 e. The Morgan fingerprint density at radius 2 is 1.95 bits per heavy atom. The molecule has 1 aliphatic rings.